The van der Waals surface area contributed by atoms with E-state index in [0.717, 1.165) is 57.8 Å². The summed E-state index contributed by atoms with van der Waals surface area (Å²) in [4.78, 5) is 36.8. The minimum absolute atomic E-state index is 0.130. The standard InChI is InChI=1S/C18H28N6O2/c1-19-18(26)22-13-14-3-5-15(6-4-14)16(25)23-9-11-24(12-10-23)17-20-7-2-8-21-17/h2,7-8,14-15H,3-6,9-13H2,1H3,(H2,19,22,26). The average molecular weight is 360 g/mol. The topological polar surface area (TPSA) is 90.5 Å². The number of rotatable bonds is 4. The molecule has 2 aliphatic rings. The number of anilines is 1. The molecule has 3 amide bonds. The van der Waals surface area contributed by atoms with Gasteiger partial charge in [-0.2, -0.15) is 0 Å². The third-order valence-corrected chi connectivity index (χ3v) is 5.40. The predicted octanol–water partition coefficient (Wildman–Crippen LogP) is 0.861. The van der Waals surface area contributed by atoms with Crippen molar-refractivity contribution in [3.63, 3.8) is 0 Å². The van der Waals surface area contributed by atoms with Gasteiger partial charge < -0.3 is 20.4 Å². The first-order valence-corrected chi connectivity index (χ1v) is 9.43. The zero-order valence-electron chi connectivity index (χ0n) is 15.4. The van der Waals surface area contributed by atoms with E-state index in [0.29, 0.717) is 12.5 Å². The van der Waals surface area contributed by atoms with Gasteiger partial charge in [0.05, 0.1) is 0 Å². The van der Waals surface area contributed by atoms with Crippen LogP contribution in [0.4, 0.5) is 10.7 Å². The SMILES string of the molecule is CNC(=O)NCC1CCC(C(=O)N2CCN(c3ncccn3)CC2)CC1. The largest absolute Gasteiger partial charge is 0.341 e. The van der Waals surface area contributed by atoms with E-state index >= 15 is 0 Å². The van der Waals surface area contributed by atoms with E-state index in [1.54, 1.807) is 19.4 Å². The second-order valence-electron chi connectivity index (χ2n) is 7.04. The van der Waals surface area contributed by atoms with Crippen LogP contribution in [0.3, 0.4) is 0 Å². The van der Waals surface area contributed by atoms with Crippen LogP contribution in [0.25, 0.3) is 0 Å². The molecule has 2 heterocycles. The molecule has 0 radical (unpaired) electrons. The minimum atomic E-state index is -0.136. The molecular formula is C18H28N6O2. The molecule has 26 heavy (non-hydrogen) atoms. The molecule has 8 heteroatoms. The van der Waals surface area contributed by atoms with Gasteiger partial charge in [-0.3, -0.25) is 4.79 Å². The van der Waals surface area contributed by atoms with E-state index in [1.807, 2.05) is 11.0 Å². The third-order valence-electron chi connectivity index (χ3n) is 5.40. The number of carbonyl (C=O) groups excluding carboxylic acids is 2. The number of amides is 3. The van der Waals surface area contributed by atoms with Gasteiger partial charge in [0.1, 0.15) is 0 Å². The van der Waals surface area contributed by atoms with Crippen molar-refractivity contribution in [3.8, 4) is 0 Å². The van der Waals surface area contributed by atoms with Crippen molar-refractivity contribution in [1.29, 1.82) is 0 Å². The van der Waals surface area contributed by atoms with Crippen LogP contribution in [0, 0.1) is 11.8 Å². The Morgan fingerprint density at radius 1 is 1.08 bits per heavy atom. The Kier molecular flexibility index (Phi) is 6.25. The lowest BCUT2D eigenvalue weighted by Crippen LogP contribution is -2.51. The van der Waals surface area contributed by atoms with Gasteiger partial charge in [-0.1, -0.05) is 0 Å². The van der Waals surface area contributed by atoms with Crippen molar-refractivity contribution >= 4 is 17.9 Å². The van der Waals surface area contributed by atoms with E-state index in [4.69, 9.17) is 0 Å². The highest BCUT2D eigenvalue weighted by molar-refractivity contribution is 5.79. The van der Waals surface area contributed by atoms with Crippen LogP contribution in [0.5, 0.6) is 0 Å². The average Bonchev–Trinajstić information content (AvgIpc) is 2.72. The minimum Gasteiger partial charge on any atom is -0.341 e. The molecule has 1 aliphatic heterocycles. The lowest BCUT2D eigenvalue weighted by atomic mass is 9.81. The summed E-state index contributed by atoms with van der Waals surface area (Å²) in [5.41, 5.74) is 0. The van der Waals surface area contributed by atoms with Crippen LogP contribution in [-0.2, 0) is 4.79 Å². The summed E-state index contributed by atoms with van der Waals surface area (Å²) < 4.78 is 0. The molecular weight excluding hydrogens is 332 g/mol. The second kappa shape index (κ2) is 8.82. The van der Waals surface area contributed by atoms with Crippen LogP contribution in [-0.4, -0.2) is 66.6 Å². The first-order chi connectivity index (χ1) is 12.7. The summed E-state index contributed by atoms with van der Waals surface area (Å²) in [7, 11) is 1.62. The zero-order chi connectivity index (χ0) is 18.4. The number of hydrogen-bond donors (Lipinski definition) is 2. The van der Waals surface area contributed by atoms with E-state index in [1.165, 1.54) is 0 Å². The van der Waals surface area contributed by atoms with Crippen molar-refractivity contribution in [3.05, 3.63) is 18.5 Å². The molecule has 3 rings (SSSR count). The summed E-state index contributed by atoms with van der Waals surface area (Å²) >= 11 is 0. The number of carbonyl (C=O) groups is 2. The Balaban J connectivity index is 1.41. The van der Waals surface area contributed by atoms with Crippen molar-refractivity contribution in [2.45, 2.75) is 25.7 Å². The summed E-state index contributed by atoms with van der Waals surface area (Å²) in [5, 5.41) is 5.43. The Morgan fingerprint density at radius 3 is 2.35 bits per heavy atom. The maximum absolute atomic E-state index is 12.8. The Labute approximate surface area is 154 Å². The van der Waals surface area contributed by atoms with E-state index in [2.05, 4.69) is 25.5 Å². The second-order valence-corrected chi connectivity index (χ2v) is 7.04. The zero-order valence-corrected chi connectivity index (χ0v) is 15.4. The van der Waals surface area contributed by atoms with Crippen molar-refractivity contribution in [1.82, 2.24) is 25.5 Å². The number of piperazine rings is 1. The number of hydrogen-bond acceptors (Lipinski definition) is 5. The molecule has 1 aliphatic carbocycles. The molecule has 2 N–H and O–H groups in total. The summed E-state index contributed by atoms with van der Waals surface area (Å²) in [5.74, 6) is 1.63. The van der Waals surface area contributed by atoms with Crippen LogP contribution in [0.1, 0.15) is 25.7 Å². The maximum Gasteiger partial charge on any atom is 0.314 e. The van der Waals surface area contributed by atoms with Crippen LogP contribution in [0.15, 0.2) is 18.5 Å². The van der Waals surface area contributed by atoms with Crippen molar-refractivity contribution in [2.24, 2.45) is 11.8 Å². The van der Waals surface area contributed by atoms with Gasteiger partial charge in [-0.15, -0.1) is 0 Å². The highest BCUT2D eigenvalue weighted by Crippen LogP contribution is 2.30. The van der Waals surface area contributed by atoms with Crippen molar-refractivity contribution in [2.75, 3.05) is 44.7 Å². The van der Waals surface area contributed by atoms with Crippen LogP contribution >= 0.6 is 0 Å². The predicted molar refractivity (Wildman–Crippen MR) is 98.7 cm³/mol. The van der Waals surface area contributed by atoms with Crippen LogP contribution < -0.4 is 15.5 Å². The molecule has 1 saturated heterocycles. The highest BCUT2D eigenvalue weighted by Gasteiger charge is 2.31. The molecule has 0 atom stereocenters. The number of urea groups is 1. The van der Waals surface area contributed by atoms with Gasteiger partial charge in [0, 0.05) is 58.1 Å². The first kappa shape index (κ1) is 18.4. The van der Waals surface area contributed by atoms with E-state index < -0.39 is 0 Å². The fourth-order valence-electron chi connectivity index (χ4n) is 3.78. The number of nitrogens with one attached hydrogen (secondary N) is 2. The smallest absolute Gasteiger partial charge is 0.314 e. The molecule has 142 valence electrons. The lowest BCUT2D eigenvalue weighted by Gasteiger charge is -2.37. The monoisotopic (exact) mass is 360 g/mol. The Bertz CT molecular complexity index is 595. The molecule has 1 saturated carbocycles. The quantitative estimate of drug-likeness (QED) is 0.831. The van der Waals surface area contributed by atoms with Gasteiger partial charge in [-0.05, 0) is 37.7 Å². The van der Waals surface area contributed by atoms with Gasteiger partial charge in [0.25, 0.3) is 0 Å². The van der Waals surface area contributed by atoms with Gasteiger partial charge >= 0.3 is 6.03 Å². The fraction of sp³-hybridized carbons (Fsp3) is 0.667. The Hall–Kier alpha value is -2.38. The Morgan fingerprint density at radius 2 is 1.73 bits per heavy atom. The molecule has 1 aromatic rings. The molecule has 0 spiro atoms. The molecule has 0 aromatic carbocycles. The fourth-order valence-corrected chi connectivity index (χ4v) is 3.78. The molecule has 2 fully saturated rings. The number of aromatic nitrogens is 2. The maximum atomic E-state index is 12.8. The van der Waals surface area contributed by atoms with Gasteiger partial charge in [-0.25, -0.2) is 14.8 Å². The van der Waals surface area contributed by atoms with Gasteiger partial charge in [0.15, 0.2) is 0 Å². The summed E-state index contributed by atoms with van der Waals surface area (Å²) in [6.07, 6.45) is 7.33. The van der Waals surface area contributed by atoms with Crippen LogP contribution in [0.2, 0.25) is 0 Å². The van der Waals surface area contributed by atoms with Crippen molar-refractivity contribution < 1.29 is 9.59 Å². The number of nitrogens with zero attached hydrogens (tertiary/aromatic N) is 4. The van der Waals surface area contributed by atoms with Gasteiger partial charge in [0.2, 0.25) is 11.9 Å². The third kappa shape index (κ3) is 4.62. The molecule has 0 bridgehead atoms. The summed E-state index contributed by atoms with van der Waals surface area (Å²) in [6, 6.07) is 1.67. The molecule has 0 unspecified atom stereocenters. The molecule has 8 nitrogen and oxygen atoms in total. The normalized spacial score (nSPS) is 23.4. The van der Waals surface area contributed by atoms with E-state index in [-0.39, 0.29) is 17.9 Å². The first-order valence-electron chi connectivity index (χ1n) is 9.43. The molecule has 1 aromatic heterocycles. The van der Waals surface area contributed by atoms with E-state index in [9.17, 15) is 9.59 Å². The highest BCUT2D eigenvalue weighted by atomic mass is 16.2. The summed E-state index contributed by atoms with van der Waals surface area (Å²) in [6.45, 7) is 3.71. The lowest BCUT2D eigenvalue weighted by molar-refractivity contribution is -0.137.